The van der Waals surface area contributed by atoms with Gasteiger partial charge in [-0.1, -0.05) is 42.7 Å². The van der Waals surface area contributed by atoms with Crippen molar-refractivity contribution < 1.29 is 5.11 Å². The van der Waals surface area contributed by atoms with Gasteiger partial charge < -0.3 is 5.11 Å². The molecule has 1 saturated carbocycles. The zero-order valence-corrected chi connectivity index (χ0v) is 11.9. The van der Waals surface area contributed by atoms with Crippen molar-refractivity contribution in [1.82, 2.24) is 4.90 Å². The summed E-state index contributed by atoms with van der Waals surface area (Å²) in [7, 11) is 0. The second-order valence-electron chi connectivity index (χ2n) is 6.32. The highest BCUT2D eigenvalue weighted by Crippen LogP contribution is 2.45. The maximum Gasteiger partial charge on any atom is 0.0973 e. The molecular weight excluding hydrogens is 234 g/mol. The molecule has 0 spiro atoms. The summed E-state index contributed by atoms with van der Waals surface area (Å²) in [4.78, 5) is 2.57. The summed E-state index contributed by atoms with van der Waals surface area (Å²) in [5.74, 6) is 0. The van der Waals surface area contributed by atoms with Crippen molar-refractivity contribution in [2.75, 3.05) is 13.1 Å². The van der Waals surface area contributed by atoms with Gasteiger partial charge in [0.15, 0.2) is 0 Å². The predicted molar refractivity (Wildman–Crippen MR) is 78.1 cm³/mol. The number of hydrogen-bond donors (Lipinski definition) is 1. The quantitative estimate of drug-likeness (QED) is 0.899. The molecule has 1 N–H and O–H groups in total. The van der Waals surface area contributed by atoms with E-state index in [1.54, 1.807) is 0 Å². The topological polar surface area (TPSA) is 23.5 Å². The average Bonchev–Trinajstić information content (AvgIpc) is 3.10. The van der Waals surface area contributed by atoms with Crippen LogP contribution in [0.25, 0.3) is 0 Å². The third kappa shape index (κ3) is 2.32. The first-order valence-corrected chi connectivity index (χ1v) is 7.72. The van der Waals surface area contributed by atoms with E-state index in [2.05, 4.69) is 36.1 Å². The number of aliphatic hydroxyl groups is 1. The zero-order valence-electron chi connectivity index (χ0n) is 11.9. The number of aryl methyl sites for hydroxylation is 1. The molecule has 1 aliphatic heterocycles. The van der Waals surface area contributed by atoms with E-state index in [0.29, 0.717) is 0 Å². The van der Waals surface area contributed by atoms with E-state index >= 15 is 0 Å². The van der Waals surface area contributed by atoms with Crippen LogP contribution in [0.3, 0.4) is 0 Å². The molecule has 2 nitrogen and oxygen atoms in total. The van der Waals surface area contributed by atoms with E-state index in [0.717, 1.165) is 18.4 Å². The predicted octanol–water partition coefficient (Wildman–Crippen LogP) is 3.44. The van der Waals surface area contributed by atoms with Crippen molar-refractivity contribution in [2.45, 2.75) is 57.1 Å². The largest absolute Gasteiger partial charge is 0.386 e. The van der Waals surface area contributed by atoms with Crippen molar-refractivity contribution in [2.24, 2.45) is 0 Å². The van der Waals surface area contributed by atoms with E-state index in [9.17, 15) is 5.11 Å². The van der Waals surface area contributed by atoms with Crippen molar-refractivity contribution in [1.29, 1.82) is 0 Å². The second kappa shape index (κ2) is 5.26. The lowest BCUT2D eigenvalue weighted by atomic mass is 9.84. The van der Waals surface area contributed by atoms with Gasteiger partial charge in [-0.05, 0) is 51.3 Å². The molecular formula is C17H25NO. The van der Waals surface area contributed by atoms with Crippen LogP contribution in [0.4, 0.5) is 0 Å². The Hall–Kier alpha value is -0.860. The lowest BCUT2D eigenvalue weighted by Gasteiger charge is -2.43. The van der Waals surface area contributed by atoms with Gasteiger partial charge in [0.25, 0.3) is 0 Å². The van der Waals surface area contributed by atoms with E-state index in [-0.39, 0.29) is 11.6 Å². The summed E-state index contributed by atoms with van der Waals surface area (Å²) in [6.45, 7) is 4.44. The molecule has 0 amide bonds. The molecule has 1 heterocycles. The number of nitrogens with zero attached hydrogens (tertiary/aromatic N) is 1. The number of aliphatic hydroxyl groups excluding tert-OH is 1. The van der Waals surface area contributed by atoms with E-state index in [4.69, 9.17) is 0 Å². The lowest BCUT2D eigenvalue weighted by Crippen LogP contribution is -2.49. The first-order chi connectivity index (χ1) is 9.22. The summed E-state index contributed by atoms with van der Waals surface area (Å²) in [6, 6.07) is 8.45. The summed E-state index contributed by atoms with van der Waals surface area (Å²) >= 11 is 0. The minimum Gasteiger partial charge on any atom is -0.386 e. The first kappa shape index (κ1) is 13.1. The highest BCUT2D eigenvalue weighted by Gasteiger charge is 2.46. The fraction of sp³-hybridized carbons (Fsp3) is 0.647. The smallest absolute Gasteiger partial charge is 0.0973 e. The first-order valence-electron chi connectivity index (χ1n) is 7.72. The van der Waals surface area contributed by atoms with Gasteiger partial charge >= 0.3 is 0 Å². The van der Waals surface area contributed by atoms with Gasteiger partial charge in [0.05, 0.1) is 11.6 Å². The number of hydrogen-bond acceptors (Lipinski definition) is 2. The molecule has 3 rings (SSSR count). The normalized spacial score (nSPS) is 24.7. The lowest BCUT2D eigenvalue weighted by molar-refractivity contribution is -0.0195. The summed E-state index contributed by atoms with van der Waals surface area (Å²) < 4.78 is 0. The Morgan fingerprint density at radius 1 is 1.00 bits per heavy atom. The molecule has 0 bridgehead atoms. The van der Waals surface area contributed by atoms with Crippen molar-refractivity contribution in [3.8, 4) is 0 Å². The maximum atomic E-state index is 11.0. The van der Waals surface area contributed by atoms with E-state index < -0.39 is 0 Å². The molecule has 1 aromatic carbocycles. The van der Waals surface area contributed by atoms with Crippen LogP contribution in [0.2, 0.25) is 0 Å². The Morgan fingerprint density at radius 2 is 1.58 bits per heavy atom. The van der Waals surface area contributed by atoms with Gasteiger partial charge in [0.2, 0.25) is 0 Å². The monoisotopic (exact) mass is 259 g/mol. The van der Waals surface area contributed by atoms with Gasteiger partial charge in [-0.3, -0.25) is 4.90 Å². The Kier molecular flexibility index (Phi) is 3.64. The number of rotatable bonds is 3. The molecule has 19 heavy (non-hydrogen) atoms. The maximum absolute atomic E-state index is 11.0. The van der Waals surface area contributed by atoms with E-state index in [1.807, 2.05) is 0 Å². The molecule has 2 fully saturated rings. The van der Waals surface area contributed by atoms with Crippen LogP contribution in [-0.4, -0.2) is 28.6 Å². The standard InChI is InChI=1S/C17H25NO/c1-14-6-8-15(9-7-14)16(19)17(10-2-3-11-17)18-12-4-5-13-18/h6-9,16,19H,2-5,10-13H2,1H3. The van der Waals surface area contributed by atoms with Gasteiger partial charge in [0.1, 0.15) is 0 Å². The highest BCUT2D eigenvalue weighted by molar-refractivity contribution is 5.26. The van der Waals surface area contributed by atoms with Crippen LogP contribution in [0.15, 0.2) is 24.3 Å². The Bertz CT molecular complexity index is 413. The molecule has 1 aromatic rings. The van der Waals surface area contributed by atoms with Gasteiger partial charge in [-0.2, -0.15) is 0 Å². The molecule has 1 saturated heterocycles. The SMILES string of the molecule is Cc1ccc(C(O)C2(N3CCCC3)CCCC2)cc1. The number of likely N-dealkylation sites (tertiary alicyclic amines) is 1. The molecule has 2 heteroatoms. The van der Waals surface area contributed by atoms with Gasteiger partial charge in [-0.25, -0.2) is 0 Å². The molecule has 1 aliphatic carbocycles. The third-order valence-corrected chi connectivity index (χ3v) is 5.11. The summed E-state index contributed by atoms with van der Waals surface area (Å²) in [5, 5.41) is 11.0. The Morgan fingerprint density at radius 3 is 2.16 bits per heavy atom. The molecule has 104 valence electrons. The van der Waals surface area contributed by atoms with Crippen LogP contribution in [0, 0.1) is 6.92 Å². The fourth-order valence-electron chi connectivity index (χ4n) is 3.97. The van der Waals surface area contributed by atoms with Crippen LogP contribution in [-0.2, 0) is 0 Å². The van der Waals surface area contributed by atoms with Crippen molar-refractivity contribution in [3.63, 3.8) is 0 Å². The summed E-state index contributed by atoms with van der Waals surface area (Å²) in [5.41, 5.74) is 2.38. The minimum atomic E-state index is -0.325. The van der Waals surface area contributed by atoms with Crippen molar-refractivity contribution >= 4 is 0 Å². The van der Waals surface area contributed by atoms with Crippen LogP contribution in [0.5, 0.6) is 0 Å². The number of benzene rings is 1. The molecule has 2 aliphatic rings. The van der Waals surface area contributed by atoms with Crippen molar-refractivity contribution in [3.05, 3.63) is 35.4 Å². The van der Waals surface area contributed by atoms with Gasteiger partial charge in [0, 0.05) is 0 Å². The van der Waals surface area contributed by atoms with Crippen LogP contribution >= 0.6 is 0 Å². The molecule has 1 atom stereocenters. The molecule has 0 radical (unpaired) electrons. The highest BCUT2D eigenvalue weighted by atomic mass is 16.3. The molecule has 0 aromatic heterocycles. The second-order valence-corrected chi connectivity index (χ2v) is 6.32. The Balaban J connectivity index is 1.88. The van der Waals surface area contributed by atoms with E-state index in [1.165, 1.54) is 44.3 Å². The Labute approximate surface area is 116 Å². The zero-order chi connectivity index (χ0) is 13.3. The van der Waals surface area contributed by atoms with Gasteiger partial charge in [-0.15, -0.1) is 0 Å². The van der Waals surface area contributed by atoms with Crippen LogP contribution < -0.4 is 0 Å². The minimum absolute atomic E-state index is 0.0196. The summed E-state index contributed by atoms with van der Waals surface area (Å²) in [6.07, 6.45) is 7.10. The third-order valence-electron chi connectivity index (χ3n) is 5.11. The fourth-order valence-corrected chi connectivity index (χ4v) is 3.97. The average molecular weight is 259 g/mol. The molecule has 1 unspecified atom stereocenters. The van der Waals surface area contributed by atoms with Crippen LogP contribution in [0.1, 0.15) is 55.8 Å².